The Morgan fingerprint density at radius 2 is 1.77 bits per heavy atom. The van der Waals surface area contributed by atoms with Crippen molar-refractivity contribution in [2.45, 2.75) is 25.5 Å². The SMILES string of the molecule is O=C(OCc1ccccc1)N1CCCC1C(=O)n1ccc2ccccc21. The van der Waals surface area contributed by atoms with E-state index in [1.165, 1.54) is 0 Å². The van der Waals surface area contributed by atoms with Gasteiger partial charge in [-0.15, -0.1) is 0 Å². The molecule has 1 aliphatic rings. The monoisotopic (exact) mass is 348 g/mol. The number of likely N-dealkylation sites (tertiary alicyclic amines) is 1. The van der Waals surface area contributed by atoms with E-state index >= 15 is 0 Å². The first-order valence-electron chi connectivity index (χ1n) is 8.82. The average molecular weight is 348 g/mol. The predicted octanol–water partition coefficient (Wildman–Crippen LogP) is 4.08. The highest BCUT2D eigenvalue weighted by atomic mass is 16.6. The van der Waals surface area contributed by atoms with E-state index in [-0.39, 0.29) is 12.5 Å². The number of aromatic nitrogens is 1. The van der Waals surface area contributed by atoms with Gasteiger partial charge in [0.05, 0.1) is 5.52 Å². The lowest BCUT2D eigenvalue weighted by Crippen LogP contribution is -2.42. The van der Waals surface area contributed by atoms with Gasteiger partial charge in [-0.1, -0.05) is 48.5 Å². The number of fused-ring (bicyclic) bond motifs is 1. The van der Waals surface area contributed by atoms with Crippen LogP contribution in [0.2, 0.25) is 0 Å². The third-order valence-electron chi connectivity index (χ3n) is 4.81. The first kappa shape index (κ1) is 16.4. The molecule has 1 aromatic heterocycles. The normalized spacial score (nSPS) is 16.8. The van der Waals surface area contributed by atoms with Crippen LogP contribution in [0.4, 0.5) is 4.79 Å². The molecule has 0 N–H and O–H groups in total. The molecule has 1 atom stereocenters. The Bertz CT molecular complexity index is 933. The van der Waals surface area contributed by atoms with E-state index < -0.39 is 12.1 Å². The maximum atomic E-state index is 13.0. The molecule has 5 heteroatoms. The number of nitrogens with zero attached hydrogens (tertiary/aromatic N) is 2. The van der Waals surface area contributed by atoms with Gasteiger partial charge in [0.2, 0.25) is 0 Å². The van der Waals surface area contributed by atoms with E-state index in [0.717, 1.165) is 22.9 Å². The van der Waals surface area contributed by atoms with Gasteiger partial charge in [-0.3, -0.25) is 14.3 Å². The van der Waals surface area contributed by atoms with Crippen molar-refractivity contribution in [2.24, 2.45) is 0 Å². The van der Waals surface area contributed by atoms with Crippen LogP contribution in [0.1, 0.15) is 23.2 Å². The van der Waals surface area contributed by atoms with Gasteiger partial charge in [0.25, 0.3) is 5.91 Å². The topological polar surface area (TPSA) is 51.5 Å². The van der Waals surface area contributed by atoms with Gasteiger partial charge in [-0.05, 0) is 30.5 Å². The van der Waals surface area contributed by atoms with E-state index in [2.05, 4.69) is 0 Å². The summed E-state index contributed by atoms with van der Waals surface area (Å²) < 4.78 is 7.06. The van der Waals surface area contributed by atoms with Crippen LogP contribution in [0.3, 0.4) is 0 Å². The van der Waals surface area contributed by atoms with Crippen molar-refractivity contribution in [1.29, 1.82) is 0 Å². The number of amides is 1. The van der Waals surface area contributed by atoms with Gasteiger partial charge < -0.3 is 4.74 Å². The first-order chi connectivity index (χ1) is 12.7. The molecule has 26 heavy (non-hydrogen) atoms. The van der Waals surface area contributed by atoms with Crippen LogP contribution < -0.4 is 0 Å². The first-order valence-corrected chi connectivity index (χ1v) is 8.82. The van der Waals surface area contributed by atoms with Gasteiger partial charge in [-0.25, -0.2) is 4.79 Å². The van der Waals surface area contributed by atoms with Gasteiger partial charge in [0.1, 0.15) is 12.6 Å². The Hall–Kier alpha value is -3.08. The number of ether oxygens (including phenoxy) is 1. The molecule has 2 aromatic carbocycles. The number of benzene rings is 2. The molecule has 4 rings (SSSR count). The fourth-order valence-corrected chi connectivity index (χ4v) is 3.48. The molecule has 132 valence electrons. The summed E-state index contributed by atoms with van der Waals surface area (Å²) in [6, 6.07) is 18.7. The van der Waals surface area contributed by atoms with E-state index in [4.69, 9.17) is 4.74 Å². The highest BCUT2D eigenvalue weighted by Crippen LogP contribution is 2.23. The van der Waals surface area contributed by atoms with E-state index in [0.29, 0.717) is 13.0 Å². The predicted molar refractivity (Wildman–Crippen MR) is 98.9 cm³/mol. The summed E-state index contributed by atoms with van der Waals surface area (Å²) in [4.78, 5) is 27.1. The fourth-order valence-electron chi connectivity index (χ4n) is 3.48. The molecule has 0 saturated carbocycles. The van der Waals surface area contributed by atoms with Crippen molar-refractivity contribution < 1.29 is 14.3 Å². The summed E-state index contributed by atoms with van der Waals surface area (Å²) >= 11 is 0. The molecular formula is C21H20N2O3. The molecule has 0 aliphatic carbocycles. The fraction of sp³-hybridized carbons (Fsp3) is 0.238. The Kier molecular flexibility index (Phi) is 4.44. The van der Waals surface area contributed by atoms with Crippen molar-refractivity contribution in [3.05, 3.63) is 72.4 Å². The van der Waals surface area contributed by atoms with E-state index in [1.807, 2.05) is 60.7 Å². The summed E-state index contributed by atoms with van der Waals surface area (Å²) in [7, 11) is 0. The molecule has 3 aromatic rings. The quantitative estimate of drug-likeness (QED) is 0.716. The molecule has 1 fully saturated rings. The maximum Gasteiger partial charge on any atom is 0.410 e. The second kappa shape index (κ2) is 7.04. The van der Waals surface area contributed by atoms with Gasteiger partial charge in [-0.2, -0.15) is 0 Å². The molecule has 1 aliphatic heterocycles. The third kappa shape index (κ3) is 3.08. The maximum absolute atomic E-state index is 13.0. The van der Waals surface area contributed by atoms with E-state index in [1.54, 1.807) is 15.7 Å². The minimum absolute atomic E-state index is 0.0830. The highest BCUT2D eigenvalue weighted by Gasteiger charge is 2.36. The summed E-state index contributed by atoms with van der Waals surface area (Å²) in [6.45, 7) is 0.757. The molecule has 1 amide bonds. The Balaban J connectivity index is 1.49. The lowest BCUT2D eigenvalue weighted by Gasteiger charge is -2.23. The molecule has 5 nitrogen and oxygen atoms in total. The van der Waals surface area contributed by atoms with Crippen LogP contribution in [-0.2, 0) is 11.3 Å². The number of para-hydroxylation sites is 1. The Labute approximate surface area is 151 Å². The van der Waals surface area contributed by atoms with Crippen LogP contribution >= 0.6 is 0 Å². The molecule has 0 bridgehead atoms. The van der Waals surface area contributed by atoms with Crippen LogP contribution in [0, 0.1) is 0 Å². The second-order valence-corrected chi connectivity index (χ2v) is 6.47. The van der Waals surface area contributed by atoms with Crippen molar-refractivity contribution in [1.82, 2.24) is 9.47 Å². The lowest BCUT2D eigenvalue weighted by molar-refractivity contribution is 0.0679. The molecular weight excluding hydrogens is 328 g/mol. The van der Waals surface area contributed by atoms with E-state index in [9.17, 15) is 9.59 Å². The minimum Gasteiger partial charge on any atom is -0.445 e. The van der Waals surface area contributed by atoms with Crippen molar-refractivity contribution >= 4 is 22.9 Å². The summed E-state index contributed by atoms with van der Waals surface area (Å²) in [6.07, 6.45) is 2.81. The number of carbonyl (C=O) groups is 2. The molecule has 0 radical (unpaired) electrons. The van der Waals surface area contributed by atoms with Crippen LogP contribution in [0.5, 0.6) is 0 Å². The number of rotatable bonds is 3. The average Bonchev–Trinajstić information content (AvgIpc) is 3.33. The zero-order valence-electron chi connectivity index (χ0n) is 14.4. The molecule has 1 unspecified atom stereocenters. The zero-order chi connectivity index (χ0) is 17.9. The Morgan fingerprint density at radius 1 is 1.00 bits per heavy atom. The number of carbonyl (C=O) groups excluding carboxylic acids is 2. The summed E-state index contributed by atoms with van der Waals surface area (Å²) in [5.74, 6) is -0.0830. The summed E-state index contributed by atoms with van der Waals surface area (Å²) in [5.41, 5.74) is 1.79. The number of hydrogen-bond acceptors (Lipinski definition) is 3. The van der Waals surface area contributed by atoms with Crippen molar-refractivity contribution in [2.75, 3.05) is 6.54 Å². The summed E-state index contributed by atoms with van der Waals surface area (Å²) in [5, 5.41) is 1.01. The molecule has 2 heterocycles. The van der Waals surface area contributed by atoms with Gasteiger partial charge in [0.15, 0.2) is 0 Å². The zero-order valence-corrected chi connectivity index (χ0v) is 14.4. The standard InChI is InChI=1S/C21H20N2O3/c24-20(22-14-12-17-9-4-5-10-18(17)22)19-11-6-13-23(19)21(25)26-15-16-7-2-1-3-8-16/h1-5,7-10,12,14,19H,6,11,13,15H2. The third-order valence-corrected chi connectivity index (χ3v) is 4.81. The van der Waals surface area contributed by atoms with Crippen LogP contribution in [-0.4, -0.2) is 34.1 Å². The highest BCUT2D eigenvalue weighted by molar-refractivity contribution is 5.96. The van der Waals surface area contributed by atoms with Gasteiger partial charge >= 0.3 is 6.09 Å². The number of hydrogen-bond donors (Lipinski definition) is 0. The largest absolute Gasteiger partial charge is 0.445 e. The second-order valence-electron chi connectivity index (χ2n) is 6.47. The minimum atomic E-state index is -0.478. The Morgan fingerprint density at radius 3 is 2.62 bits per heavy atom. The van der Waals surface area contributed by atoms with Gasteiger partial charge in [0, 0.05) is 18.1 Å². The molecule has 1 saturated heterocycles. The smallest absolute Gasteiger partial charge is 0.410 e. The van der Waals surface area contributed by atoms with Crippen molar-refractivity contribution in [3.63, 3.8) is 0 Å². The molecule has 0 spiro atoms. The van der Waals surface area contributed by atoms with Crippen molar-refractivity contribution in [3.8, 4) is 0 Å². The van der Waals surface area contributed by atoms with Crippen LogP contribution in [0.25, 0.3) is 10.9 Å². The lowest BCUT2D eigenvalue weighted by atomic mass is 10.2. The van der Waals surface area contributed by atoms with Crippen LogP contribution in [0.15, 0.2) is 66.9 Å².